The highest BCUT2D eigenvalue weighted by atomic mass is 32.2. The van der Waals surface area contributed by atoms with Crippen molar-refractivity contribution in [1.29, 1.82) is 0 Å². The summed E-state index contributed by atoms with van der Waals surface area (Å²) in [5.41, 5.74) is -0.290. The van der Waals surface area contributed by atoms with Gasteiger partial charge in [-0.1, -0.05) is 19.1 Å². The molecule has 3 aromatic rings. The molecule has 0 spiro atoms. The summed E-state index contributed by atoms with van der Waals surface area (Å²) < 4.78 is 74.8. The smallest absolute Gasteiger partial charge is 0.416 e. The minimum Gasteiger partial charge on any atom is -0.493 e. The molecule has 0 aliphatic carbocycles. The first-order chi connectivity index (χ1) is 17.5. The largest absolute Gasteiger partial charge is 0.493 e. The molecule has 1 saturated heterocycles. The number of alkyl halides is 3. The van der Waals surface area contributed by atoms with Crippen molar-refractivity contribution < 1.29 is 31.1 Å². The van der Waals surface area contributed by atoms with Crippen LogP contribution in [0, 0.1) is 0 Å². The molecule has 1 fully saturated rings. The average molecular weight is 533 g/mol. The number of anilines is 2. The van der Waals surface area contributed by atoms with Crippen molar-refractivity contribution in [1.82, 2.24) is 10.2 Å². The third-order valence-electron chi connectivity index (χ3n) is 6.81. The summed E-state index contributed by atoms with van der Waals surface area (Å²) in [6, 6.07) is 10.9. The first-order valence-electron chi connectivity index (χ1n) is 11.6. The molecule has 37 heavy (non-hydrogen) atoms. The van der Waals surface area contributed by atoms with Crippen LogP contribution in [0.3, 0.4) is 0 Å². The van der Waals surface area contributed by atoms with Crippen molar-refractivity contribution in [3.8, 4) is 5.75 Å². The standard InChI is InChI=1S/C25H23F3N4O4S/c1-24(18-8-6-16(25(26,27)28)14-20(18)32-12-3-5-23(32)33)10-13-36-21-15-17(7-9-19(21)24)37(34,35)31-22-4-2-11-29-30-22/h2,4,6-9,11,14-15H,3,5,10,12-13H2,1H3,(H,30,31)/t24-/m0/s1. The van der Waals surface area contributed by atoms with Crippen molar-refractivity contribution in [2.24, 2.45) is 0 Å². The van der Waals surface area contributed by atoms with E-state index in [0.29, 0.717) is 36.3 Å². The Kier molecular flexibility index (Phi) is 6.09. The molecule has 1 amide bonds. The van der Waals surface area contributed by atoms with E-state index in [4.69, 9.17) is 4.74 Å². The number of sulfonamides is 1. The normalized spacial score (nSPS) is 19.9. The number of nitrogens with zero attached hydrogens (tertiary/aromatic N) is 3. The summed E-state index contributed by atoms with van der Waals surface area (Å²) in [5, 5.41) is 7.39. The van der Waals surface area contributed by atoms with Gasteiger partial charge < -0.3 is 9.64 Å². The van der Waals surface area contributed by atoms with Crippen LogP contribution in [0.2, 0.25) is 0 Å². The fourth-order valence-electron chi connectivity index (χ4n) is 4.88. The van der Waals surface area contributed by atoms with Gasteiger partial charge in [0.05, 0.1) is 17.1 Å². The number of hydrogen-bond acceptors (Lipinski definition) is 6. The number of nitrogens with one attached hydrogen (secondary N) is 1. The molecule has 0 bridgehead atoms. The van der Waals surface area contributed by atoms with Gasteiger partial charge in [0.1, 0.15) is 5.75 Å². The molecule has 5 rings (SSSR count). The van der Waals surface area contributed by atoms with E-state index in [2.05, 4.69) is 14.9 Å². The highest BCUT2D eigenvalue weighted by molar-refractivity contribution is 7.92. The summed E-state index contributed by atoms with van der Waals surface area (Å²) >= 11 is 0. The van der Waals surface area contributed by atoms with Crippen molar-refractivity contribution >= 4 is 27.4 Å². The Hall–Kier alpha value is -3.67. The van der Waals surface area contributed by atoms with E-state index in [1.165, 1.54) is 35.4 Å². The Bertz CT molecular complexity index is 1460. The zero-order chi connectivity index (χ0) is 26.4. The second-order valence-electron chi connectivity index (χ2n) is 9.18. The molecule has 1 N–H and O–H groups in total. The molecular formula is C25H23F3N4O4S. The van der Waals surface area contributed by atoms with Crippen LogP contribution >= 0.6 is 0 Å². The number of rotatable bonds is 5. The van der Waals surface area contributed by atoms with Crippen LogP contribution in [0.25, 0.3) is 0 Å². The lowest BCUT2D eigenvalue weighted by Gasteiger charge is -2.39. The zero-order valence-corrected chi connectivity index (χ0v) is 20.6. The molecule has 0 saturated carbocycles. The molecule has 0 unspecified atom stereocenters. The number of amides is 1. The average Bonchev–Trinajstić information content (AvgIpc) is 3.29. The maximum absolute atomic E-state index is 13.6. The number of ether oxygens (including phenoxy) is 1. The maximum Gasteiger partial charge on any atom is 0.416 e. The van der Waals surface area contributed by atoms with Gasteiger partial charge in [0.15, 0.2) is 5.82 Å². The number of aromatic nitrogens is 2. The lowest BCUT2D eigenvalue weighted by Crippen LogP contribution is -2.35. The van der Waals surface area contributed by atoms with E-state index in [1.807, 2.05) is 6.92 Å². The molecule has 2 aliphatic heterocycles. The topological polar surface area (TPSA) is 101 Å². The van der Waals surface area contributed by atoms with Crippen LogP contribution < -0.4 is 14.4 Å². The van der Waals surface area contributed by atoms with E-state index in [0.717, 1.165) is 12.1 Å². The van der Waals surface area contributed by atoms with E-state index < -0.39 is 27.2 Å². The van der Waals surface area contributed by atoms with Gasteiger partial charge in [-0.25, -0.2) is 8.42 Å². The van der Waals surface area contributed by atoms with E-state index in [-0.39, 0.29) is 35.3 Å². The summed E-state index contributed by atoms with van der Waals surface area (Å²) in [7, 11) is -4.01. The van der Waals surface area contributed by atoms with Crippen molar-refractivity contribution in [2.75, 3.05) is 22.8 Å². The minimum absolute atomic E-state index is 0.0515. The van der Waals surface area contributed by atoms with E-state index in [1.54, 1.807) is 12.1 Å². The summed E-state index contributed by atoms with van der Waals surface area (Å²) in [6.07, 6.45) is -1.90. The zero-order valence-electron chi connectivity index (χ0n) is 19.7. The van der Waals surface area contributed by atoms with Gasteiger partial charge in [0, 0.05) is 41.9 Å². The summed E-state index contributed by atoms with van der Waals surface area (Å²) in [5.74, 6) is 0.123. The number of fused-ring (bicyclic) bond motifs is 1. The molecule has 2 aliphatic rings. The Labute approximate surface area is 211 Å². The summed E-state index contributed by atoms with van der Waals surface area (Å²) in [6.45, 7) is 2.41. The van der Waals surface area contributed by atoms with Gasteiger partial charge in [0.2, 0.25) is 5.91 Å². The predicted molar refractivity (Wildman–Crippen MR) is 129 cm³/mol. The Morgan fingerprint density at radius 1 is 1.11 bits per heavy atom. The highest BCUT2D eigenvalue weighted by Gasteiger charge is 2.41. The van der Waals surface area contributed by atoms with Gasteiger partial charge in [-0.05, 0) is 48.7 Å². The predicted octanol–water partition coefficient (Wildman–Crippen LogP) is 4.51. The lowest BCUT2D eigenvalue weighted by atomic mass is 9.71. The van der Waals surface area contributed by atoms with Crippen LogP contribution in [0.5, 0.6) is 5.75 Å². The molecule has 3 heterocycles. The molecule has 2 aromatic carbocycles. The number of halogens is 3. The quantitative estimate of drug-likeness (QED) is 0.519. The van der Waals surface area contributed by atoms with Crippen molar-refractivity contribution in [2.45, 2.75) is 42.7 Å². The van der Waals surface area contributed by atoms with E-state index >= 15 is 0 Å². The Morgan fingerprint density at radius 2 is 1.89 bits per heavy atom. The number of hydrogen-bond donors (Lipinski definition) is 1. The second kappa shape index (κ2) is 9.02. The highest BCUT2D eigenvalue weighted by Crippen LogP contribution is 2.48. The molecule has 8 nitrogen and oxygen atoms in total. The second-order valence-corrected chi connectivity index (χ2v) is 10.9. The minimum atomic E-state index is -4.57. The third-order valence-corrected chi connectivity index (χ3v) is 8.16. The van der Waals surface area contributed by atoms with Crippen LogP contribution in [0.1, 0.15) is 42.9 Å². The third kappa shape index (κ3) is 4.61. The van der Waals surface area contributed by atoms with Gasteiger partial charge in [-0.15, -0.1) is 5.10 Å². The van der Waals surface area contributed by atoms with Gasteiger partial charge in [0.25, 0.3) is 10.0 Å². The maximum atomic E-state index is 13.6. The van der Waals surface area contributed by atoms with Crippen molar-refractivity contribution in [3.63, 3.8) is 0 Å². The van der Waals surface area contributed by atoms with Crippen LogP contribution in [-0.4, -0.2) is 37.7 Å². The molecular weight excluding hydrogens is 509 g/mol. The summed E-state index contributed by atoms with van der Waals surface area (Å²) in [4.78, 5) is 13.9. The first-order valence-corrected chi connectivity index (χ1v) is 13.1. The number of benzene rings is 2. The Morgan fingerprint density at radius 3 is 2.57 bits per heavy atom. The fourth-order valence-corrected chi connectivity index (χ4v) is 5.89. The van der Waals surface area contributed by atoms with Crippen LogP contribution in [0.15, 0.2) is 59.6 Å². The Balaban J connectivity index is 1.58. The number of carbonyl (C=O) groups excluding carboxylic acids is 1. The van der Waals surface area contributed by atoms with Crippen molar-refractivity contribution in [3.05, 3.63) is 71.4 Å². The molecule has 1 aromatic heterocycles. The molecule has 0 radical (unpaired) electrons. The van der Waals surface area contributed by atoms with Gasteiger partial charge in [-0.3, -0.25) is 9.52 Å². The molecule has 12 heteroatoms. The van der Waals surface area contributed by atoms with Gasteiger partial charge >= 0.3 is 6.18 Å². The van der Waals surface area contributed by atoms with Gasteiger partial charge in [-0.2, -0.15) is 18.3 Å². The number of carbonyl (C=O) groups is 1. The first kappa shape index (κ1) is 25.0. The fraction of sp³-hybridized carbons (Fsp3) is 0.320. The molecule has 1 atom stereocenters. The monoisotopic (exact) mass is 532 g/mol. The SMILES string of the molecule is C[C@@]1(c2ccc(C(F)(F)F)cc2N2CCCC2=O)CCOc2cc(S(=O)(=O)Nc3cccnn3)ccc21. The lowest BCUT2D eigenvalue weighted by molar-refractivity contribution is -0.137. The van der Waals surface area contributed by atoms with E-state index in [9.17, 15) is 26.4 Å². The van der Waals surface area contributed by atoms with Crippen LogP contribution in [-0.2, 0) is 26.4 Å². The van der Waals surface area contributed by atoms with Crippen LogP contribution in [0.4, 0.5) is 24.7 Å². The molecule has 194 valence electrons.